The van der Waals surface area contributed by atoms with E-state index in [0.29, 0.717) is 17.8 Å². The molecule has 65 valence electrons. The van der Waals surface area contributed by atoms with Crippen molar-refractivity contribution >= 4 is 5.91 Å². The number of nitrogens with two attached hydrogens (primary N) is 1. The van der Waals surface area contributed by atoms with Crippen LogP contribution in [0, 0.1) is 6.42 Å². The van der Waals surface area contributed by atoms with Crippen LogP contribution in [0.4, 0.5) is 0 Å². The number of carbonyl (C=O) groups is 1. The minimum atomic E-state index is -0.0839. The maximum atomic E-state index is 11.3. The molecule has 1 rings (SSSR count). The van der Waals surface area contributed by atoms with E-state index in [1.165, 1.54) is 0 Å². The van der Waals surface area contributed by atoms with Crippen LogP contribution in [-0.4, -0.2) is 12.5 Å². The maximum Gasteiger partial charge on any atom is 0.249 e. The maximum absolute atomic E-state index is 11.3. The van der Waals surface area contributed by atoms with Crippen molar-refractivity contribution in [3.8, 4) is 0 Å². The number of nitrogens with one attached hydrogen (secondary N) is 1. The lowest BCUT2D eigenvalue weighted by Gasteiger charge is -2.11. The molecule has 0 aromatic carbocycles. The van der Waals surface area contributed by atoms with Crippen LogP contribution in [0.2, 0.25) is 0 Å². The Morgan fingerprint density at radius 1 is 1.75 bits per heavy atom. The molecular weight excluding hydrogens is 152 g/mol. The molecule has 3 heteroatoms. The summed E-state index contributed by atoms with van der Waals surface area (Å²) in [5.41, 5.74) is 6.76. The zero-order valence-corrected chi connectivity index (χ0v) is 7.13. The standard InChI is InChI=1S/C9H13N2O/c1-2-11-9(12)7-5-3-4-6-8(7)10/h4-6H,2-3,10H2,1H3,(H,11,12). The highest BCUT2D eigenvalue weighted by Gasteiger charge is 2.13. The molecule has 0 aromatic rings. The van der Waals surface area contributed by atoms with Gasteiger partial charge in [0.25, 0.3) is 0 Å². The van der Waals surface area contributed by atoms with E-state index in [9.17, 15) is 4.79 Å². The number of likely N-dealkylation sites (N-methyl/N-ethyl adjacent to an activating group) is 1. The molecule has 1 aliphatic rings. The van der Waals surface area contributed by atoms with E-state index in [1.807, 2.05) is 19.4 Å². The summed E-state index contributed by atoms with van der Waals surface area (Å²) in [5, 5.41) is 2.70. The smallest absolute Gasteiger partial charge is 0.249 e. The minimum absolute atomic E-state index is 0.0839. The average molecular weight is 165 g/mol. The molecule has 1 amide bonds. The number of allylic oxidation sites excluding steroid dienone is 2. The summed E-state index contributed by atoms with van der Waals surface area (Å²) in [6.07, 6.45) is 6.32. The molecule has 0 aromatic heterocycles. The van der Waals surface area contributed by atoms with Crippen LogP contribution in [-0.2, 0) is 4.79 Å². The van der Waals surface area contributed by atoms with Crippen LogP contribution in [0.15, 0.2) is 23.4 Å². The fourth-order valence-electron chi connectivity index (χ4n) is 1.07. The Balaban J connectivity index is 2.71. The van der Waals surface area contributed by atoms with Gasteiger partial charge in [0.1, 0.15) is 0 Å². The predicted octanol–water partition coefficient (Wildman–Crippen LogP) is 0.499. The Hall–Kier alpha value is -1.25. The molecule has 0 aliphatic heterocycles. The molecule has 0 unspecified atom stereocenters. The summed E-state index contributed by atoms with van der Waals surface area (Å²) in [7, 11) is 0. The van der Waals surface area contributed by atoms with E-state index in [-0.39, 0.29) is 5.91 Å². The summed E-state index contributed by atoms with van der Waals surface area (Å²) >= 11 is 0. The third-order valence-corrected chi connectivity index (χ3v) is 1.65. The first kappa shape index (κ1) is 8.84. The molecule has 0 heterocycles. The molecule has 3 nitrogen and oxygen atoms in total. The van der Waals surface area contributed by atoms with Gasteiger partial charge in [-0.1, -0.05) is 6.08 Å². The summed E-state index contributed by atoms with van der Waals surface area (Å²) in [4.78, 5) is 11.3. The lowest BCUT2D eigenvalue weighted by molar-refractivity contribution is -0.117. The molecule has 3 N–H and O–H groups in total. The molecule has 1 radical (unpaired) electrons. The highest BCUT2D eigenvalue weighted by atomic mass is 16.1. The SMILES string of the molecule is CCNC(=O)C1=C(N)C=CC[CH]1. The number of carbonyl (C=O) groups excluding carboxylic acids is 1. The second-order valence-electron chi connectivity index (χ2n) is 2.57. The number of hydrogen-bond donors (Lipinski definition) is 2. The van der Waals surface area contributed by atoms with Gasteiger partial charge in [-0.2, -0.15) is 0 Å². The quantitative estimate of drug-likeness (QED) is 0.626. The summed E-state index contributed by atoms with van der Waals surface area (Å²) in [6, 6.07) is 0. The van der Waals surface area contributed by atoms with Gasteiger partial charge >= 0.3 is 0 Å². The van der Waals surface area contributed by atoms with E-state index in [2.05, 4.69) is 5.32 Å². The molecular formula is C9H13N2O. The van der Waals surface area contributed by atoms with Gasteiger partial charge in [-0.3, -0.25) is 4.79 Å². The van der Waals surface area contributed by atoms with Crippen molar-refractivity contribution in [2.45, 2.75) is 13.3 Å². The van der Waals surface area contributed by atoms with Gasteiger partial charge in [0.05, 0.1) is 0 Å². The van der Waals surface area contributed by atoms with Gasteiger partial charge in [-0.25, -0.2) is 0 Å². The van der Waals surface area contributed by atoms with Crippen LogP contribution in [0.1, 0.15) is 13.3 Å². The van der Waals surface area contributed by atoms with Crippen molar-refractivity contribution in [2.24, 2.45) is 5.73 Å². The number of rotatable bonds is 2. The molecule has 0 fully saturated rings. The van der Waals surface area contributed by atoms with E-state index >= 15 is 0 Å². The van der Waals surface area contributed by atoms with Crippen molar-refractivity contribution in [3.63, 3.8) is 0 Å². The summed E-state index contributed by atoms with van der Waals surface area (Å²) < 4.78 is 0. The van der Waals surface area contributed by atoms with Crippen LogP contribution in [0.3, 0.4) is 0 Å². The van der Waals surface area contributed by atoms with Crippen LogP contribution < -0.4 is 11.1 Å². The fraction of sp³-hybridized carbons (Fsp3) is 0.333. The van der Waals surface area contributed by atoms with E-state index in [4.69, 9.17) is 5.73 Å². The van der Waals surface area contributed by atoms with E-state index < -0.39 is 0 Å². The average Bonchev–Trinajstić information content (AvgIpc) is 2.05. The lowest BCUT2D eigenvalue weighted by Crippen LogP contribution is -2.27. The van der Waals surface area contributed by atoms with Gasteiger partial charge in [0.2, 0.25) is 5.91 Å². The van der Waals surface area contributed by atoms with Crippen molar-refractivity contribution in [1.82, 2.24) is 5.32 Å². The molecule has 1 aliphatic carbocycles. The first-order valence-corrected chi connectivity index (χ1v) is 4.03. The molecule has 0 atom stereocenters. The van der Waals surface area contributed by atoms with Crippen molar-refractivity contribution in [3.05, 3.63) is 29.8 Å². The highest BCUT2D eigenvalue weighted by molar-refractivity contribution is 5.96. The summed E-state index contributed by atoms with van der Waals surface area (Å²) in [6.45, 7) is 2.51. The zero-order valence-electron chi connectivity index (χ0n) is 7.13. The molecule has 0 saturated heterocycles. The first-order valence-electron chi connectivity index (χ1n) is 4.03. The van der Waals surface area contributed by atoms with Crippen molar-refractivity contribution < 1.29 is 4.79 Å². The Kier molecular flexibility index (Phi) is 2.91. The van der Waals surface area contributed by atoms with Crippen LogP contribution in [0.5, 0.6) is 0 Å². The molecule has 0 saturated carbocycles. The largest absolute Gasteiger partial charge is 0.398 e. The van der Waals surface area contributed by atoms with Gasteiger partial charge in [-0.05, 0) is 19.4 Å². The van der Waals surface area contributed by atoms with Crippen molar-refractivity contribution in [1.29, 1.82) is 0 Å². The molecule has 0 spiro atoms. The Labute approximate surface area is 72.3 Å². The topological polar surface area (TPSA) is 55.1 Å². The minimum Gasteiger partial charge on any atom is -0.398 e. The van der Waals surface area contributed by atoms with E-state index in [1.54, 1.807) is 6.08 Å². The second-order valence-corrected chi connectivity index (χ2v) is 2.57. The summed E-state index contributed by atoms with van der Waals surface area (Å²) in [5.74, 6) is -0.0839. The zero-order chi connectivity index (χ0) is 8.97. The van der Waals surface area contributed by atoms with Gasteiger partial charge in [-0.15, -0.1) is 0 Å². The third kappa shape index (κ3) is 1.87. The third-order valence-electron chi connectivity index (χ3n) is 1.65. The lowest BCUT2D eigenvalue weighted by atomic mass is 10.0. The highest BCUT2D eigenvalue weighted by Crippen LogP contribution is 2.13. The number of hydrogen-bond acceptors (Lipinski definition) is 2. The van der Waals surface area contributed by atoms with Crippen molar-refractivity contribution in [2.75, 3.05) is 6.54 Å². The predicted molar refractivity (Wildman–Crippen MR) is 48.0 cm³/mol. The Morgan fingerprint density at radius 3 is 3.08 bits per heavy atom. The second kappa shape index (κ2) is 3.95. The van der Waals surface area contributed by atoms with Crippen LogP contribution in [0.25, 0.3) is 0 Å². The normalized spacial score (nSPS) is 16.4. The fourth-order valence-corrected chi connectivity index (χ4v) is 1.07. The van der Waals surface area contributed by atoms with Gasteiger partial charge in [0.15, 0.2) is 0 Å². The first-order chi connectivity index (χ1) is 5.75. The molecule has 12 heavy (non-hydrogen) atoms. The van der Waals surface area contributed by atoms with E-state index in [0.717, 1.165) is 6.42 Å². The van der Waals surface area contributed by atoms with Gasteiger partial charge < -0.3 is 11.1 Å². The Morgan fingerprint density at radius 2 is 2.50 bits per heavy atom. The van der Waals surface area contributed by atoms with Crippen LogP contribution >= 0.6 is 0 Å². The van der Waals surface area contributed by atoms with Gasteiger partial charge in [0, 0.05) is 24.2 Å². The number of amides is 1. The molecule has 0 bridgehead atoms. The Bertz CT molecular complexity index is 241. The monoisotopic (exact) mass is 165 g/mol.